The molecule has 1 saturated carbocycles. The molecule has 1 aromatic carbocycles. The SMILES string of the molecule is O=C(C1CC1c1ccc(Cl)c(Cl)c1)N1CCCC(CO)C1. The average molecular weight is 328 g/mol. The number of piperidine rings is 1. The summed E-state index contributed by atoms with van der Waals surface area (Å²) in [6.45, 7) is 1.69. The minimum Gasteiger partial charge on any atom is -0.396 e. The standard InChI is InChI=1S/C16H19Cl2NO2/c17-14-4-3-11(6-15(14)18)12-7-13(12)16(21)19-5-1-2-10(8-19)9-20/h3-4,6,10,12-13,20H,1-2,5,7-9H2. The summed E-state index contributed by atoms with van der Waals surface area (Å²) in [5.74, 6) is 0.801. The highest BCUT2D eigenvalue weighted by Gasteiger charge is 2.46. The summed E-state index contributed by atoms with van der Waals surface area (Å²) in [5.41, 5.74) is 1.10. The van der Waals surface area contributed by atoms with Crippen LogP contribution in [0.2, 0.25) is 10.0 Å². The molecule has 114 valence electrons. The van der Waals surface area contributed by atoms with Gasteiger partial charge in [-0.25, -0.2) is 0 Å². The molecule has 5 heteroatoms. The molecule has 0 aromatic heterocycles. The van der Waals surface area contributed by atoms with Crippen LogP contribution in [0.4, 0.5) is 0 Å². The van der Waals surface area contributed by atoms with E-state index in [1.807, 2.05) is 17.0 Å². The van der Waals surface area contributed by atoms with Crippen LogP contribution in [0.5, 0.6) is 0 Å². The molecule has 0 bridgehead atoms. The number of hydrogen-bond acceptors (Lipinski definition) is 2. The zero-order valence-corrected chi connectivity index (χ0v) is 13.3. The van der Waals surface area contributed by atoms with Gasteiger partial charge in [-0.15, -0.1) is 0 Å². The lowest BCUT2D eigenvalue weighted by atomic mass is 9.98. The number of benzene rings is 1. The van der Waals surface area contributed by atoms with Gasteiger partial charge in [0.15, 0.2) is 0 Å². The molecule has 1 heterocycles. The number of likely N-dealkylation sites (tertiary alicyclic amines) is 1. The van der Waals surface area contributed by atoms with E-state index in [2.05, 4.69) is 0 Å². The van der Waals surface area contributed by atoms with Crippen LogP contribution >= 0.6 is 23.2 Å². The van der Waals surface area contributed by atoms with Crippen molar-refractivity contribution in [2.75, 3.05) is 19.7 Å². The Hall–Kier alpha value is -0.770. The van der Waals surface area contributed by atoms with Crippen molar-refractivity contribution in [3.05, 3.63) is 33.8 Å². The van der Waals surface area contributed by atoms with E-state index in [1.165, 1.54) is 0 Å². The van der Waals surface area contributed by atoms with Crippen molar-refractivity contribution in [1.82, 2.24) is 4.90 Å². The fourth-order valence-corrected chi connectivity index (χ4v) is 3.53. The summed E-state index contributed by atoms with van der Waals surface area (Å²) in [5, 5.41) is 10.4. The van der Waals surface area contributed by atoms with E-state index in [4.69, 9.17) is 23.2 Å². The van der Waals surface area contributed by atoms with Gasteiger partial charge in [0.1, 0.15) is 0 Å². The number of aliphatic hydroxyl groups is 1. The molecule has 3 nitrogen and oxygen atoms in total. The van der Waals surface area contributed by atoms with Crippen LogP contribution in [0.1, 0.15) is 30.7 Å². The first-order valence-corrected chi connectivity index (χ1v) is 8.20. The zero-order chi connectivity index (χ0) is 15.0. The summed E-state index contributed by atoms with van der Waals surface area (Å²) in [6, 6.07) is 5.62. The lowest BCUT2D eigenvalue weighted by Gasteiger charge is -2.32. The number of rotatable bonds is 3. The van der Waals surface area contributed by atoms with Crippen molar-refractivity contribution >= 4 is 29.1 Å². The number of halogens is 2. The number of aliphatic hydroxyl groups excluding tert-OH is 1. The molecule has 3 atom stereocenters. The van der Waals surface area contributed by atoms with Crippen LogP contribution in [-0.2, 0) is 4.79 Å². The number of hydrogen-bond donors (Lipinski definition) is 1. The largest absolute Gasteiger partial charge is 0.396 e. The zero-order valence-electron chi connectivity index (χ0n) is 11.8. The predicted molar refractivity (Wildman–Crippen MR) is 83.7 cm³/mol. The van der Waals surface area contributed by atoms with Gasteiger partial charge in [-0.05, 0) is 48.8 Å². The van der Waals surface area contributed by atoms with E-state index in [-0.39, 0.29) is 30.3 Å². The Bertz CT molecular complexity index is 549. The summed E-state index contributed by atoms with van der Waals surface area (Å²) in [6.07, 6.45) is 2.89. The van der Waals surface area contributed by atoms with Crippen molar-refractivity contribution in [1.29, 1.82) is 0 Å². The van der Waals surface area contributed by atoms with Crippen molar-refractivity contribution in [2.24, 2.45) is 11.8 Å². The second-order valence-electron chi connectivity index (χ2n) is 6.10. The first-order valence-electron chi connectivity index (χ1n) is 7.44. The Labute approximate surface area is 134 Å². The smallest absolute Gasteiger partial charge is 0.226 e. The molecule has 1 aromatic rings. The maximum Gasteiger partial charge on any atom is 0.226 e. The van der Waals surface area contributed by atoms with Crippen molar-refractivity contribution in [3.8, 4) is 0 Å². The number of carbonyl (C=O) groups excluding carboxylic acids is 1. The van der Waals surface area contributed by atoms with Gasteiger partial charge in [-0.3, -0.25) is 4.79 Å². The molecule has 2 fully saturated rings. The number of carbonyl (C=O) groups is 1. The molecule has 1 N–H and O–H groups in total. The molecule has 1 amide bonds. The lowest BCUT2D eigenvalue weighted by molar-refractivity contribution is -0.134. The topological polar surface area (TPSA) is 40.5 Å². The Balaban J connectivity index is 1.64. The molecule has 3 rings (SSSR count). The minimum absolute atomic E-state index is 0.0692. The van der Waals surface area contributed by atoms with Gasteiger partial charge >= 0.3 is 0 Å². The van der Waals surface area contributed by atoms with E-state index >= 15 is 0 Å². The van der Waals surface area contributed by atoms with Gasteiger partial charge in [0.25, 0.3) is 0 Å². The average Bonchev–Trinajstić information content (AvgIpc) is 3.30. The van der Waals surface area contributed by atoms with E-state index in [0.717, 1.165) is 31.4 Å². The summed E-state index contributed by atoms with van der Waals surface area (Å²) < 4.78 is 0. The molecule has 3 unspecified atom stereocenters. The molecule has 0 spiro atoms. The Morgan fingerprint density at radius 1 is 1.33 bits per heavy atom. The van der Waals surface area contributed by atoms with Crippen LogP contribution in [0, 0.1) is 11.8 Å². The van der Waals surface area contributed by atoms with Gasteiger partial charge in [0.05, 0.1) is 10.0 Å². The number of nitrogens with zero attached hydrogens (tertiary/aromatic N) is 1. The van der Waals surface area contributed by atoms with E-state index in [9.17, 15) is 9.90 Å². The van der Waals surface area contributed by atoms with Gasteiger partial charge in [0.2, 0.25) is 5.91 Å². The highest BCUT2D eigenvalue weighted by molar-refractivity contribution is 6.42. The summed E-state index contributed by atoms with van der Waals surface area (Å²) in [7, 11) is 0. The van der Waals surface area contributed by atoms with Crippen LogP contribution in [0.25, 0.3) is 0 Å². The highest BCUT2D eigenvalue weighted by atomic mass is 35.5. The van der Waals surface area contributed by atoms with Crippen molar-refractivity contribution in [2.45, 2.75) is 25.2 Å². The first kappa shape index (κ1) is 15.1. The monoisotopic (exact) mass is 327 g/mol. The molecular formula is C16H19Cl2NO2. The van der Waals surface area contributed by atoms with E-state index in [0.29, 0.717) is 16.6 Å². The highest BCUT2D eigenvalue weighted by Crippen LogP contribution is 2.49. The van der Waals surface area contributed by atoms with Crippen molar-refractivity contribution in [3.63, 3.8) is 0 Å². The number of amides is 1. The van der Waals surface area contributed by atoms with Gasteiger partial charge in [-0.1, -0.05) is 29.3 Å². The summed E-state index contributed by atoms with van der Waals surface area (Å²) in [4.78, 5) is 14.5. The van der Waals surface area contributed by atoms with Gasteiger partial charge in [-0.2, -0.15) is 0 Å². The fraction of sp³-hybridized carbons (Fsp3) is 0.562. The second-order valence-corrected chi connectivity index (χ2v) is 6.91. The third-order valence-corrected chi connectivity index (χ3v) is 5.31. The summed E-state index contributed by atoms with van der Waals surface area (Å²) >= 11 is 12.0. The Morgan fingerprint density at radius 3 is 2.86 bits per heavy atom. The molecular weight excluding hydrogens is 309 g/mol. The predicted octanol–water partition coefficient (Wildman–Crippen LogP) is 3.33. The third kappa shape index (κ3) is 3.20. The van der Waals surface area contributed by atoms with E-state index < -0.39 is 0 Å². The molecule has 1 saturated heterocycles. The third-order valence-electron chi connectivity index (χ3n) is 4.57. The maximum absolute atomic E-state index is 12.5. The fourth-order valence-electron chi connectivity index (χ4n) is 3.23. The van der Waals surface area contributed by atoms with E-state index in [1.54, 1.807) is 6.07 Å². The molecule has 1 aliphatic carbocycles. The van der Waals surface area contributed by atoms with Crippen LogP contribution < -0.4 is 0 Å². The van der Waals surface area contributed by atoms with Gasteiger partial charge in [0, 0.05) is 25.6 Å². The van der Waals surface area contributed by atoms with Crippen LogP contribution in [0.15, 0.2) is 18.2 Å². The van der Waals surface area contributed by atoms with Gasteiger partial charge < -0.3 is 10.0 Å². The first-order chi connectivity index (χ1) is 10.1. The van der Waals surface area contributed by atoms with Crippen LogP contribution in [-0.4, -0.2) is 35.6 Å². The Kier molecular flexibility index (Phi) is 4.43. The normalized spacial score (nSPS) is 28.5. The van der Waals surface area contributed by atoms with Crippen molar-refractivity contribution < 1.29 is 9.90 Å². The minimum atomic E-state index is 0.0692. The second kappa shape index (κ2) is 6.15. The molecule has 0 radical (unpaired) electrons. The quantitative estimate of drug-likeness (QED) is 0.925. The lowest BCUT2D eigenvalue weighted by Crippen LogP contribution is -2.41. The molecule has 21 heavy (non-hydrogen) atoms. The molecule has 2 aliphatic rings. The maximum atomic E-state index is 12.5. The molecule has 1 aliphatic heterocycles. The Morgan fingerprint density at radius 2 is 2.14 bits per heavy atom. The van der Waals surface area contributed by atoms with Crippen LogP contribution in [0.3, 0.4) is 0 Å².